The molecule has 0 unspecified atom stereocenters. The minimum atomic E-state index is 0.464. The summed E-state index contributed by atoms with van der Waals surface area (Å²) in [5.41, 5.74) is 1.14. The molecular formula is C14H18BrN3O. The first-order valence-corrected chi connectivity index (χ1v) is 7.08. The topological polar surface area (TPSA) is 39.1 Å². The minimum Gasteiger partial charge on any atom is -0.484 e. The lowest BCUT2D eigenvalue weighted by Crippen LogP contribution is -2.13. The van der Waals surface area contributed by atoms with Gasteiger partial charge in [-0.15, -0.1) is 0 Å². The highest BCUT2D eigenvalue weighted by molar-refractivity contribution is 9.10. The molecule has 1 aromatic heterocycles. The molecule has 0 aliphatic carbocycles. The fourth-order valence-corrected chi connectivity index (χ4v) is 2.31. The third-order valence-electron chi connectivity index (χ3n) is 2.88. The van der Waals surface area contributed by atoms with Crippen LogP contribution in [0.3, 0.4) is 0 Å². The van der Waals surface area contributed by atoms with Crippen LogP contribution in [0.2, 0.25) is 0 Å². The molecule has 102 valence electrons. The molecule has 1 N–H and O–H groups in total. The van der Waals surface area contributed by atoms with Crippen LogP contribution in [-0.4, -0.2) is 16.1 Å². The van der Waals surface area contributed by atoms with Gasteiger partial charge in [-0.05, 0) is 28.5 Å². The minimum absolute atomic E-state index is 0.464. The van der Waals surface area contributed by atoms with Crippen LogP contribution in [0.5, 0.6) is 5.75 Å². The van der Waals surface area contributed by atoms with Crippen molar-refractivity contribution in [3.8, 4) is 5.75 Å². The SMILES string of the molecule is CCNCc1cccc(Br)c1OCc1nccn1C. The molecule has 4 nitrogen and oxygen atoms in total. The Morgan fingerprint density at radius 2 is 2.26 bits per heavy atom. The lowest BCUT2D eigenvalue weighted by molar-refractivity contribution is 0.286. The van der Waals surface area contributed by atoms with Gasteiger partial charge >= 0.3 is 0 Å². The average Bonchev–Trinajstić information content (AvgIpc) is 2.81. The average molecular weight is 324 g/mol. The number of nitrogens with zero attached hydrogens (tertiary/aromatic N) is 2. The van der Waals surface area contributed by atoms with E-state index in [0.29, 0.717) is 6.61 Å². The number of para-hydroxylation sites is 1. The highest BCUT2D eigenvalue weighted by Crippen LogP contribution is 2.29. The molecule has 0 radical (unpaired) electrons. The normalized spacial score (nSPS) is 10.7. The second-order valence-corrected chi connectivity index (χ2v) is 5.11. The number of benzene rings is 1. The van der Waals surface area contributed by atoms with Gasteiger partial charge in [-0.3, -0.25) is 0 Å². The number of ether oxygens (including phenoxy) is 1. The van der Waals surface area contributed by atoms with Crippen molar-refractivity contribution in [2.24, 2.45) is 7.05 Å². The van der Waals surface area contributed by atoms with Crippen LogP contribution in [0, 0.1) is 0 Å². The van der Waals surface area contributed by atoms with Crippen LogP contribution in [0.4, 0.5) is 0 Å². The third kappa shape index (κ3) is 3.58. The summed E-state index contributed by atoms with van der Waals surface area (Å²) in [4.78, 5) is 4.26. The molecule has 0 aliphatic heterocycles. The molecule has 0 amide bonds. The van der Waals surface area contributed by atoms with E-state index in [1.807, 2.05) is 29.9 Å². The van der Waals surface area contributed by atoms with Crippen molar-refractivity contribution in [3.05, 3.63) is 46.5 Å². The molecule has 2 aromatic rings. The number of imidazole rings is 1. The van der Waals surface area contributed by atoms with Crippen LogP contribution in [-0.2, 0) is 20.2 Å². The molecule has 0 bridgehead atoms. The van der Waals surface area contributed by atoms with Gasteiger partial charge in [-0.25, -0.2) is 4.98 Å². The van der Waals surface area contributed by atoms with Crippen molar-refractivity contribution >= 4 is 15.9 Å². The van der Waals surface area contributed by atoms with E-state index in [1.54, 1.807) is 6.20 Å². The Hall–Kier alpha value is -1.33. The predicted octanol–water partition coefficient (Wildman–Crippen LogP) is 2.87. The van der Waals surface area contributed by atoms with Crippen molar-refractivity contribution in [2.45, 2.75) is 20.1 Å². The predicted molar refractivity (Wildman–Crippen MR) is 79.1 cm³/mol. The van der Waals surface area contributed by atoms with E-state index in [-0.39, 0.29) is 0 Å². The van der Waals surface area contributed by atoms with Crippen LogP contribution in [0.25, 0.3) is 0 Å². The maximum atomic E-state index is 5.92. The van der Waals surface area contributed by atoms with Gasteiger partial charge < -0.3 is 14.6 Å². The molecule has 19 heavy (non-hydrogen) atoms. The van der Waals surface area contributed by atoms with Crippen molar-refractivity contribution in [2.75, 3.05) is 6.54 Å². The first-order valence-electron chi connectivity index (χ1n) is 6.29. The number of aromatic nitrogens is 2. The maximum Gasteiger partial charge on any atom is 0.146 e. The summed E-state index contributed by atoms with van der Waals surface area (Å²) in [6.07, 6.45) is 3.69. The molecule has 1 heterocycles. The van der Waals surface area contributed by atoms with E-state index >= 15 is 0 Å². The number of nitrogens with one attached hydrogen (secondary N) is 1. The zero-order chi connectivity index (χ0) is 13.7. The summed E-state index contributed by atoms with van der Waals surface area (Å²) in [5, 5.41) is 3.32. The first kappa shape index (κ1) is 14.1. The Labute approximate surface area is 121 Å². The smallest absolute Gasteiger partial charge is 0.146 e. The van der Waals surface area contributed by atoms with E-state index in [1.165, 1.54) is 0 Å². The zero-order valence-corrected chi connectivity index (χ0v) is 12.8. The molecule has 5 heteroatoms. The summed E-state index contributed by atoms with van der Waals surface area (Å²) in [5.74, 6) is 1.79. The largest absolute Gasteiger partial charge is 0.484 e. The number of hydrogen-bond donors (Lipinski definition) is 1. The summed E-state index contributed by atoms with van der Waals surface area (Å²) in [6.45, 7) is 4.29. The van der Waals surface area contributed by atoms with Crippen LogP contribution in [0.1, 0.15) is 18.3 Å². The van der Waals surface area contributed by atoms with Crippen molar-refractivity contribution < 1.29 is 4.74 Å². The van der Waals surface area contributed by atoms with Crippen molar-refractivity contribution in [1.82, 2.24) is 14.9 Å². The Balaban J connectivity index is 2.12. The molecule has 0 atom stereocenters. The summed E-state index contributed by atoms with van der Waals surface area (Å²) >= 11 is 3.54. The second kappa shape index (κ2) is 6.73. The van der Waals surface area contributed by atoms with E-state index < -0.39 is 0 Å². The van der Waals surface area contributed by atoms with Crippen LogP contribution >= 0.6 is 15.9 Å². The molecule has 0 fully saturated rings. The standard InChI is InChI=1S/C14H18BrN3O/c1-3-16-9-11-5-4-6-12(15)14(11)19-10-13-17-7-8-18(13)2/h4-8,16H,3,9-10H2,1-2H3. The zero-order valence-electron chi connectivity index (χ0n) is 11.2. The highest BCUT2D eigenvalue weighted by atomic mass is 79.9. The van der Waals surface area contributed by atoms with Crippen LogP contribution in [0.15, 0.2) is 35.1 Å². The fourth-order valence-electron chi connectivity index (χ4n) is 1.79. The second-order valence-electron chi connectivity index (χ2n) is 4.25. The summed E-state index contributed by atoms with van der Waals surface area (Å²) in [6, 6.07) is 6.08. The van der Waals surface area contributed by atoms with E-state index in [2.05, 4.69) is 39.2 Å². The Kier molecular flexibility index (Phi) is 4.99. The highest BCUT2D eigenvalue weighted by Gasteiger charge is 2.09. The Morgan fingerprint density at radius 1 is 1.42 bits per heavy atom. The monoisotopic (exact) mass is 323 g/mol. The number of rotatable bonds is 6. The summed E-state index contributed by atoms with van der Waals surface area (Å²) < 4.78 is 8.85. The molecule has 1 aromatic carbocycles. The van der Waals surface area contributed by atoms with Gasteiger partial charge in [0, 0.05) is 31.5 Å². The van der Waals surface area contributed by atoms with Crippen LogP contribution < -0.4 is 10.1 Å². The molecular weight excluding hydrogens is 306 g/mol. The van der Waals surface area contributed by atoms with Gasteiger partial charge in [0.1, 0.15) is 18.2 Å². The lowest BCUT2D eigenvalue weighted by Gasteiger charge is -2.13. The number of hydrogen-bond acceptors (Lipinski definition) is 3. The van der Waals surface area contributed by atoms with Gasteiger partial charge in [-0.2, -0.15) is 0 Å². The molecule has 0 saturated heterocycles. The van der Waals surface area contributed by atoms with Gasteiger partial charge in [-0.1, -0.05) is 19.1 Å². The number of aryl methyl sites for hydroxylation is 1. The quantitative estimate of drug-likeness (QED) is 0.888. The third-order valence-corrected chi connectivity index (χ3v) is 3.51. The number of halogens is 1. The van der Waals surface area contributed by atoms with Gasteiger partial charge in [0.25, 0.3) is 0 Å². The van der Waals surface area contributed by atoms with Gasteiger partial charge in [0.05, 0.1) is 4.47 Å². The summed E-state index contributed by atoms with van der Waals surface area (Å²) in [7, 11) is 1.96. The molecule has 0 aliphatic rings. The van der Waals surface area contributed by atoms with E-state index in [0.717, 1.165) is 34.7 Å². The lowest BCUT2D eigenvalue weighted by atomic mass is 10.2. The fraction of sp³-hybridized carbons (Fsp3) is 0.357. The molecule has 0 spiro atoms. The molecule has 2 rings (SSSR count). The molecule has 0 saturated carbocycles. The van der Waals surface area contributed by atoms with Gasteiger partial charge in [0.15, 0.2) is 0 Å². The maximum absolute atomic E-state index is 5.92. The van der Waals surface area contributed by atoms with E-state index in [9.17, 15) is 0 Å². The van der Waals surface area contributed by atoms with Gasteiger partial charge in [0.2, 0.25) is 0 Å². The van der Waals surface area contributed by atoms with E-state index in [4.69, 9.17) is 4.74 Å². The van der Waals surface area contributed by atoms with Crippen molar-refractivity contribution in [1.29, 1.82) is 0 Å². The Morgan fingerprint density at radius 3 is 2.95 bits per heavy atom. The Bertz CT molecular complexity index is 539. The first-order chi connectivity index (χ1) is 9.22. The van der Waals surface area contributed by atoms with Crippen molar-refractivity contribution in [3.63, 3.8) is 0 Å².